The molecule has 5 rings (SSSR count). The average Bonchev–Trinajstić information content (AvgIpc) is 3.38. The number of aromatic nitrogens is 4. The van der Waals surface area contributed by atoms with Crippen LogP contribution in [0, 0.1) is 0 Å². The molecule has 9 nitrogen and oxygen atoms in total. The molecule has 3 heterocycles. The summed E-state index contributed by atoms with van der Waals surface area (Å²) in [7, 11) is 0. The topological polar surface area (TPSA) is 111 Å². The van der Waals surface area contributed by atoms with Crippen molar-refractivity contribution in [2.24, 2.45) is 0 Å². The Kier molecular flexibility index (Phi) is 4.60. The molecule has 150 valence electrons. The third-order valence-electron chi connectivity index (χ3n) is 4.44. The number of anilines is 1. The second-order valence-corrected chi connectivity index (χ2v) is 7.37. The number of aromatic amines is 1. The predicted octanol–water partition coefficient (Wildman–Crippen LogP) is 2.54. The van der Waals surface area contributed by atoms with Crippen LogP contribution in [0.2, 0.25) is 0 Å². The van der Waals surface area contributed by atoms with E-state index >= 15 is 0 Å². The largest absolute Gasteiger partial charge is 0.454 e. The minimum atomic E-state index is -0.272. The minimum Gasteiger partial charge on any atom is -0.454 e. The number of fused-ring (bicyclic) bond motifs is 2. The Morgan fingerprint density at radius 2 is 1.93 bits per heavy atom. The van der Waals surface area contributed by atoms with Gasteiger partial charge in [0, 0.05) is 17.8 Å². The Morgan fingerprint density at radius 1 is 1.10 bits per heavy atom. The second-order valence-electron chi connectivity index (χ2n) is 6.43. The molecule has 0 fully saturated rings. The Hall–Kier alpha value is -3.79. The van der Waals surface area contributed by atoms with Gasteiger partial charge >= 0.3 is 0 Å². The van der Waals surface area contributed by atoms with Crippen molar-refractivity contribution in [3.63, 3.8) is 0 Å². The van der Waals surface area contributed by atoms with E-state index in [2.05, 4.69) is 20.5 Å². The molecular weight excluding hydrogens is 406 g/mol. The number of H-pyrrole nitrogens is 1. The van der Waals surface area contributed by atoms with Gasteiger partial charge in [-0.1, -0.05) is 42.1 Å². The SMILES string of the molecule is O=C(CSc1nnc2[nH]c(=O)cc(-c3ccccc3)n12)Nc1ccc2c(c1)OCO2. The zero-order chi connectivity index (χ0) is 20.5. The van der Waals surface area contributed by atoms with Gasteiger partial charge in [-0.25, -0.2) is 0 Å². The number of nitrogens with one attached hydrogen (secondary N) is 2. The van der Waals surface area contributed by atoms with Crippen LogP contribution in [0.3, 0.4) is 0 Å². The zero-order valence-electron chi connectivity index (χ0n) is 15.5. The molecule has 4 aromatic rings. The number of benzene rings is 2. The molecule has 2 aromatic carbocycles. The summed E-state index contributed by atoms with van der Waals surface area (Å²) >= 11 is 1.22. The van der Waals surface area contributed by atoms with Crippen molar-refractivity contribution in [2.45, 2.75) is 5.16 Å². The van der Waals surface area contributed by atoms with Gasteiger partial charge in [0.25, 0.3) is 5.56 Å². The Labute approximate surface area is 174 Å². The zero-order valence-corrected chi connectivity index (χ0v) is 16.3. The van der Waals surface area contributed by atoms with Gasteiger partial charge in [0.05, 0.1) is 11.4 Å². The van der Waals surface area contributed by atoms with Crippen LogP contribution in [0.1, 0.15) is 0 Å². The molecular formula is C20H15N5O4S. The summed E-state index contributed by atoms with van der Waals surface area (Å²) in [5.74, 6) is 1.48. The number of thioether (sulfide) groups is 1. The fourth-order valence-electron chi connectivity index (χ4n) is 3.12. The number of rotatable bonds is 5. The van der Waals surface area contributed by atoms with Crippen molar-refractivity contribution in [1.82, 2.24) is 19.6 Å². The highest BCUT2D eigenvalue weighted by molar-refractivity contribution is 7.99. The second kappa shape index (κ2) is 7.56. The van der Waals surface area contributed by atoms with Crippen molar-refractivity contribution < 1.29 is 14.3 Å². The quantitative estimate of drug-likeness (QED) is 0.477. The summed E-state index contributed by atoms with van der Waals surface area (Å²) in [6.45, 7) is 0.175. The maximum absolute atomic E-state index is 12.4. The third-order valence-corrected chi connectivity index (χ3v) is 5.36. The number of hydrogen-bond acceptors (Lipinski definition) is 7. The lowest BCUT2D eigenvalue weighted by molar-refractivity contribution is -0.113. The molecule has 0 spiro atoms. The number of nitrogens with zero attached hydrogens (tertiary/aromatic N) is 3. The van der Waals surface area contributed by atoms with E-state index in [1.807, 2.05) is 30.3 Å². The minimum absolute atomic E-state index is 0.114. The standard InChI is InChI=1S/C20H15N5O4S/c26-17-9-14(12-4-2-1-3-5-12)25-19(22-17)23-24-20(25)30-10-18(27)21-13-6-7-15-16(8-13)29-11-28-15/h1-9H,10-11H2,(H,21,27)(H,22,23,26). The van der Waals surface area contributed by atoms with Crippen LogP contribution in [0.25, 0.3) is 17.0 Å². The van der Waals surface area contributed by atoms with E-state index in [-0.39, 0.29) is 24.0 Å². The number of amides is 1. The van der Waals surface area contributed by atoms with E-state index in [0.717, 1.165) is 5.56 Å². The number of carbonyl (C=O) groups excluding carboxylic acids is 1. The van der Waals surface area contributed by atoms with Crippen LogP contribution in [0.15, 0.2) is 64.5 Å². The lowest BCUT2D eigenvalue weighted by Gasteiger charge is -2.08. The summed E-state index contributed by atoms with van der Waals surface area (Å²) in [5, 5.41) is 11.5. The molecule has 1 aliphatic rings. The molecule has 1 aliphatic heterocycles. The van der Waals surface area contributed by atoms with Gasteiger partial charge in [0.1, 0.15) is 0 Å². The fourth-order valence-corrected chi connectivity index (χ4v) is 3.86. The lowest BCUT2D eigenvalue weighted by Crippen LogP contribution is -2.14. The summed E-state index contributed by atoms with van der Waals surface area (Å²) in [6.07, 6.45) is 0. The molecule has 2 N–H and O–H groups in total. The van der Waals surface area contributed by atoms with Crippen molar-refractivity contribution >= 4 is 29.1 Å². The number of carbonyl (C=O) groups is 1. The normalized spacial score (nSPS) is 12.3. The Balaban J connectivity index is 1.37. The molecule has 0 saturated carbocycles. The smallest absolute Gasteiger partial charge is 0.252 e. The maximum Gasteiger partial charge on any atom is 0.252 e. The van der Waals surface area contributed by atoms with E-state index in [9.17, 15) is 9.59 Å². The molecule has 1 amide bonds. The highest BCUT2D eigenvalue weighted by atomic mass is 32.2. The first-order valence-electron chi connectivity index (χ1n) is 9.03. The highest BCUT2D eigenvalue weighted by Gasteiger charge is 2.16. The summed E-state index contributed by atoms with van der Waals surface area (Å²) < 4.78 is 12.3. The van der Waals surface area contributed by atoms with E-state index in [4.69, 9.17) is 9.47 Å². The monoisotopic (exact) mass is 421 g/mol. The van der Waals surface area contributed by atoms with E-state index in [1.165, 1.54) is 17.8 Å². The van der Waals surface area contributed by atoms with Crippen LogP contribution in [-0.2, 0) is 4.79 Å². The fraction of sp³-hybridized carbons (Fsp3) is 0.100. The molecule has 10 heteroatoms. The van der Waals surface area contributed by atoms with Gasteiger partial charge in [-0.2, -0.15) is 0 Å². The number of hydrogen-bond donors (Lipinski definition) is 2. The van der Waals surface area contributed by atoms with Crippen molar-refractivity contribution in [1.29, 1.82) is 0 Å². The molecule has 0 unspecified atom stereocenters. The molecule has 0 atom stereocenters. The highest BCUT2D eigenvalue weighted by Crippen LogP contribution is 2.34. The van der Waals surface area contributed by atoms with Gasteiger partial charge in [0.2, 0.25) is 18.5 Å². The summed E-state index contributed by atoms with van der Waals surface area (Å²) in [4.78, 5) is 27.1. The van der Waals surface area contributed by atoms with Gasteiger partial charge in [0.15, 0.2) is 16.7 Å². The molecule has 30 heavy (non-hydrogen) atoms. The Morgan fingerprint density at radius 3 is 2.80 bits per heavy atom. The van der Waals surface area contributed by atoms with Crippen LogP contribution in [0.5, 0.6) is 11.5 Å². The first-order valence-corrected chi connectivity index (χ1v) is 10.0. The van der Waals surface area contributed by atoms with Crippen LogP contribution >= 0.6 is 11.8 Å². The lowest BCUT2D eigenvalue weighted by atomic mass is 10.1. The van der Waals surface area contributed by atoms with Gasteiger partial charge < -0.3 is 14.8 Å². The molecule has 0 radical (unpaired) electrons. The van der Waals surface area contributed by atoms with E-state index in [1.54, 1.807) is 22.6 Å². The summed E-state index contributed by atoms with van der Waals surface area (Å²) in [6, 6.07) is 16.2. The Bertz CT molecular complexity index is 1300. The van der Waals surface area contributed by atoms with E-state index < -0.39 is 0 Å². The molecule has 0 aliphatic carbocycles. The van der Waals surface area contributed by atoms with E-state index in [0.29, 0.717) is 33.8 Å². The van der Waals surface area contributed by atoms with Crippen LogP contribution < -0.4 is 20.3 Å². The number of ether oxygens (including phenoxy) is 2. The average molecular weight is 421 g/mol. The predicted molar refractivity (Wildman–Crippen MR) is 111 cm³/mol. The summed E-state index contributed by atoms with van der Waals surface area (Å²) in [5.41, 5.74) is 1.84. The molecule has 2 aromatic heterocycles. The van der Waals surface area contributed by atoms with Gasteiger partial charge in [-0.15, -0.1) is 10.2 Å². The van der Waals surface area contributed by atoms with Gasteiger partial charge in [-0.05, 0) is 17.7 Å². The van der Waals surface area contributed by atoms with Crippen LogP contribution in [-0.4, -0.2) is 38.0 Å². The first-order chi connectivity index (χ1) is 14.7. The van der Waals surface area contributed by atoms with Crippen LogP contribution in [0.4, 0.5) is 5.69 Å². The van der Waals surface area contributed by atoms with Crippen molar-refractivity contribution in [3.05, 3.63) is 65.0 Å². The maximum atomic E-state index is 12.4. The van der Waals surface area contributed by atoms with Crippen molar-refractivity contribution in [2.75, 3.05) is 17.9 Å². The van der Waals surface area contributed by atoms with Crippen molar-refractivity contribution in [3.8, 4) is 22.8 Å². The van der Waals surface area contributed by atoms with Gasteiger partial charge in [-0.3, -0.25) is 19.0 Å². The molecule has 0 saturated heterocycles. The molecule has 0 bridgehead atoms. The first kappa shape index (κ1) is 18.3. The third kappa shape index (κ3) is 3.48.